The Morgan fingerprint density at radius 2 is 1.90 bits per heavy atom. The number of amides is 1. The highest BCUT2D eigenvalue weighted by molar-refractivity contribution is 5.93. The van der Waals surface area contributed by atoms with E-state index < -0.39 is 23.8 Å². The Kier molecular flexibility index (Phi) is 6.06. The molecular weight excluding hydrogens is 401 g/mol. The van der Waals surface area contributed by atoms with E-state index in [4.69, 9.17) is 4.74 Å². The number of carbonyl (C=O) groups is 1. The van der Waals surface area contributed by atoms with Gasteiger partial charge in [-0.05, 0) is 49.4 Å². The molecule has 0 aliphatic rings. The van der Waals surface area contributed by atoms with E-state index in [1.165, 1.54) is 31.2 Å². The fourth-order valence-corrected chi connectivity index (χ4v) is 2.55. The fourth-order valence-electron chi connectivity index (χ4n) is 2.55. The average Bonchev–Trinajstić information content (AvgIpc) is 3.12. The van der Waals surface area contributed by atoms with Crippen LogP contribution in [0.5, 0.6) is 11.5 Å². The molecule has 2 N–H and O–H groups in total. The van der Waals surface area contributed by atoms with Crippen LogP contribution >= 0.6 is 0 Å². The number of aliphatic hydroxyl groups is 1. The molecule has 30 heavy (non-hydrogen) atoms. The number of carbonyl (C=O) groups excluding carboxylic acids is 1. The van der Waals surface area contributed by atoms with E-state index in [1.54, 1.807) is 24.0 Å². The Hall–Kier alpha value is -3.40. The van der Waals surface area contributed by atoms with Crippen LogP contribution in [0.15, 0.2) is 48.7 Å². The summed E-state index contributed by atoms with van der Waals surface area (Å²) in [6.07, 6.45) is -3.48. The summed E-state index contributed by atoms with van der Waals surface area (Å²) in [5.41, 5.74) is -0.0380. The second kappa shape index (κ2) is 8.54. The molecule has 0 radical (unpaired) electrons. The summed E-state index contributed by atoms with van der Waals surface area (Å²) < 4.78 is 45.5. The molecular formula is C20H19F3N4O3. The van der Waals surface area contributed by atoms with Crippen LogP contribution < -0.4 is 10.1 Å². The zero-order valence-electron chi connectivity index (χ0n) is 16.1. The van der Waals surface area contributed by atoms with Crippen LogP contribution in [0.3, 0.4) is 0 Å². The molecule has 3 aromatic rings. The summed E-state index contributed by atoms with van der Waals surface area (Å²) in [4.78, 5) is 16.6. The van der Waals surface area contributed by atoms with Gasteiger partial charge in [0, 0.05) is 19.8 Å². The van der Waals surface area contributed by atoms with E-state index in [2.05, 4.69) is 15.4 Å². The predicted molar refractivity (Wildman–Crippen MR) is 102 cm³/mol. The number of aryl methyl sites for hydroxylation is 1. The Balaban J connectivity index is 1.92. The molecule has 0 aliphatic carbocycles. The van der Waals surface area contributed by atoms with E-state index in [0.717, 1.165) is 12.1 Å². The Morgan fingerprint density at radius 1 is 1.20 bits per heavy atom. The number of nitrogens with zero attached hydrogens (tertiary/aromatic N) is 3. The summed E-state index contributed by atoms with van der Waals surface area (Å²) in [6.45, 7) is 1.59. The van der Waals surface area contributed by atoms with Gasteiger partial charge in [-0.3, -0.25) is 9.48 Å². The summed E-state index contributed by atoms with van der Waals surface area (Å²) in [5, 5.41) is 16.1. The van der Waals surface area contributed by atoms with Gasteiger partial charge in [0.25, 0.3) is 5.91 Å². The minimum absolute atomic E-state index is 0.0588. The van der Waals surface area contributed by atoms with Crippen LogP contribution in [-0.4, -0.2) is 38.4 Å². The number of hydrogen-bond acceptors (Lipinski definition) is 5. The van der Waals surface area contributed by atoms with Gasteiger partial charge in [-0.25, -0.2) is 4.98 Å². The molecule has 3 rings (SSSR count). The number of pyridine rings is 1. The maximum atomic E-state index is 12.8. The first-order chi connectivity index (χ1) is 14.1. The van der Waals surface area contributed by atoms with E-state index in [0.29, 0.717) is 5.69 Å². The van der Waals surface area contributed by atoms with Crippen LogP contribution in [0.4, 0.5) is 13.2 Å². The molecule has 10 heteroatoms. The fraction of sp³-hybridized carbons (Fsp3) is 0.250. The van der Waals surface area contributed by atoms with E-state index in [9.17, 15) is 23.1 Å². The van der Waals surface area contributed by atoms with E-state index in [1.807, 2.05) is 0 Å². The lowest BCUT2D eigenvalue weighted by atomic mass is 10.2. The Morgan fingerprint density at radius 3 is 2.47 bits per heavy atom. The summed E-state index contributed by atoms with van der Waals surface area (Å²) in [5.74, 6) is -0.0945. The second-order valence-corrected chi connectivity index (χ2v) is 6.60. The predicted octanol–water partition coefficient (Wildman–Crippen LogP) is 3.40. The SMILES string of the molecule is C[C@@H](O)CNC(=O)c1ccc(Oc2ccc(C(F)(F)F)cc2)c(-c2ccn(C)n2)n1. The first-order valence-electron chi connectivity index (χ1n) is 8.96. The van der Waals surface area contributed by atoms with Crippen molar-refractivity contribution in [2.24, 2.45) is 7.05 Å². The maximum Gasteiger partial charge on any atom is 0.416 e. The Labute approximate surface area is 170 Å². The number of rotatable bonds is 6. The van der Waals surface area contributed by atoms with Crippen molar-refractivity contribution < 1.29 is 27.8 Å². The normalized spacial score (nSPS) is 12.5. The third kappa shape index (κ3) is 5.15. The van der Waals surface area contributed by atoms with Gasteiger partial charge < -0.3 is 15.2 Å². The number of nitrogens with one attached hydrogen (secondary N) is 1. The molecule has 0 bridgehead atoms. The molecule has 0 unspecified atom stereocenters. The minimum Gasteiger partial charge on any atom is -0.455 e. The smallest absolute Gasteiger partial charge is 0.416 e. The molecule has 0 saturated carbocycles. The largest absolute Gasteiger partial charge is 0.455 e. The average molecular weight is 420 g/mol. The molecule has 0 fully saturated rings. The van der Waals surface area contributed by atoms with Gasteiger partial charge in [-0.2, -0.15) is 18.3 Å². The maximum absolute atomic E-state index is 12.8. The van der Waals surface area contributed by atoms with Crippen molar-refractivity contribution in [1.29, 1.82) is 0 Å². The summed E-state index contributed by atoms with van der Waals surface area (Å²) in [6, 6.07) is 8.82. The van der Waals surface area contributed by atoms with Crippen molar-refractivity contribution in [1.82, 2.24) is 20.1 Å². The van der Waals surface area contributed by atoms with Gasteiger partial charge in [-0.15, -0.1) is 0 Å². The van der Waals surface area contributed by atoms with Crippen LogP contribution in [0.2, 0.25) is 0 Å². The van der Waals surface area contributed by atoms with Crippen molar-refractivity contribution in [3.63, 3.8) is 0 Å². The number of benzene rings is 1. The van der Waals surface area contributed by atoms with Gasteiger partial charge in [-0.1, -0.05) is 0 Å². The van der Waals surface area contributed by atoms with Crippen molar-refractivity contribution >= 4 is 5.91 Å². The van der Waals surface area contributed by atoms with E-state index in [-0.39, 0.29) is 29.4 Å². The van der Waals surface area contributed by atoms with Crippen LogP contribution in [0.25, 0.3) is 11.4 Å². The number of halogens is 3. The lowest BCUT2D eigenvalue weighted by Crippen LogP contribution is -2.31. The molecule has 0 spiro atoms. The third-order valence-corrected chi connectivity index (χ3v) is 4.01. The molecule has 1 aromatic carbocycles. The molecule has 158 valence electrons. The first kappa shape index (κ1) is 21.3. The highest BCUT2D eigenvalue weighted by Gasteiger charge is 2.30. The molecule has 0 aliphatic heterocycles. The minimum atomic E-state index is -4.44. The number of hydrogen-bond donors (Lipinski definition) is 2. The quantitative estimate of drug-likeness (QED) is 0.638. The van der Waals surface area contributed by atoms with Crippen molar-refractivity contribution in [3.05, 3.63) is 59.9 Å². The topological polar surface area (TPSA) is 89.3 Å². The zero-order chi connectivity index (χ0) is 21.9. The molecule has 1 atom stereocenters. The second-order valence-electron chi connectivity index (χ2n) is 6.60. The molecule has 7 nitrogen and oxygen atoms in total. The molecule has 1 amide bonds. The van der Waals surface area contributed by atoms with Gasteiger partial charge in [0.05, 0.1) is 11.7 Å². The highest BCUT2D eigenvalue weighted by Crippen LogP contribution is 2.34. The number of alkyl halides is 3. The zero-order valence-corrected chi connectivity index (χ0v) is 16.1. The lowest BCUT2D eigenvalue weighted by molar-refractivity contribution is -0.137. The van der Waals surface area contributed by atoms with Gasteiger partial charge in [0.1, 0.15) is 22.8 Å². The first-order valence-corrected chi connectivity index (χ1v) is 8.96. The van der Waals surface area contributed by atoms with Crippen molar-refractivity contribution in [2.45, 2.75) is 19.2 Å². The number of ether oxygens (including phenoxy) is 1. The van der Waals surface area contributed by atoms with Crippen molar-refractivity contribution in [3.8, 4) is 22.9 Å². The van der Waals surface area contributed by atoms with Crippen LogP contribution in [-0.2, 0) is 13.2 Å². The molecule has 0 saturated heterocycles. The standard InChI is InChI=1S/C20H19F3N4O3/c1-12(28)11-24-19(29)16-7-8-17(18(25-16)15-9-10-27(2)26-15)30-14-5-3-13(4-6-14)20(21,22)23/h3-10,12,28H,11H2,1-2H3,(H,24,29)/t12-/m1/s1. The summed E-state index contributed by atoms with van der Waals surface area (Å²) in [7, 11) is 1.71. The van der Waals surface area contributed by atoms with E-state index >= 15 is 0 Å². The highest BCUT2D eigenvalue weighted by atomic mass is 19.4. The van der Waals surface area contributed by atoms with Gasteiger partial charge in [0.15, 0.2) is 5.75 Å². The van der Waals surface area contributed by atoms with Crippen molar-refractivity contribution in [2.75, 3.05) is 6.54 Å². The van der Waals surface area contributed by atoms with Crippen LogP contribution in [0, 0.1) is 0 Å². The van der Waals surface area contributed by atoms with Gasteiger partial charge in [0.2, 0.25) is 0 Å². The van der Waals surface area contributed by atoms with Gasteiger partial charge >= 0.3 is 6.18 Å². The van der Waals surface area contributed by atoms with Crippen LogP contribution in [0.1, 0.15) is 23.0 Å². The number of aliphatic hydroxyl groups excluding tert-OH is 1. The third-order valence-electron chi connectivity index (χ3n) is 4.01. The molecule has 2 aromatic heterocycles. The lowest BCUT2D eigenvalue weighted by Gasteiger charge is -2.12. The molecule has 2 heterocycles. The number of aromatic nitrogens is 3. The monoisotopic (exact) mass is 420 g/mol. The summed E-state index contributed by atoms with van der Waals surface area (Å²) >= 11 is 0. The Bertz CT molecular complexity index is 1030.